The van der Waals surface area contributed by atoms with Crippen molar-refractivity contribution in [3.63, 3.8) is 0 Å². The third kappa shape index (κ3) is 3.18. The quantitative estimate of drug-likeness (QED) is 0.698. The highest BCUT2D eigenvalue weighted by molar-refractivity contribution is 5.78. The number of carbonyl (C=O) groups excluding carboxylic acids is 1. The maximum atomic E-state index is 11.6. The van der Waals surface area contributed by atoms with Crippen LogP contribution < -0.4 is 5.32 Å². The molecule has 0 spiro atoms. The van der Waals surface area contributed by atoms with Crippen molar-refractivity contribution in [3.8, 4) is 0 Å². The first-order valence-electron chi connectivity index (χ1n) is 5.94. The number of hydrogen-bond donors (Lipinski definition) is 2. The van der Waals surface area contributed by atoms with Gasteiger partial charge in [-0.25, -0.2) is 0 Å². The highest BCUT2D eigenvalue weighted by Gasteiger charge is 2.23. The Kier molecular flexibility index (Phi) is 3.59. The van der Waals surface area contributed by atoms with Crippen molar-refractivity contribution < 1.29 is 9.90 Å². The number of nitrogens with one attached hydrogen (secondary N) is 1. The van der Waals surface area contributed by atoms with Crippen molar-refractivity contribution in [2.45, 2.75) is 44.2 Å². The monoisotopic (exact) mass is 212 g/mol. The minimum absolute atomic E-state index is 0.121. The summed E-state index contributed by atoms with van der Waals surface area (Å²) in [6.45, 7) is 1.95. The van der Waals surface area contributed by atoms with Crippen molar-refractivity contribution >= 4 is 5.91 Å². The number of likely N-dealkylation sites (tertiary alicyclic amines) is 1. The van der Waals surface area contributed by atoms with Crippen LogP contribution >= 0.6 is 0 Å². The smallest absolute Gasteiger partial charge is 0.234 e. The zero-order chi connectivity index (χ0) is 10.7. The number of amides is 1. The van der Waals surface area contributed by atoms with Gasteiger partial charge in [-0.05, 0) is 19.3 Å². The second-order valence-corrected chi connectivity index (χ2v) is 4.73. The minimum Gasteiger partial charge on any atom is -0.392 e. The van der Waals surface area contributed by atoms with E-state index in [0.29, 0.717) is 19.1 Å². The SMILES string of the molecule is O=C(CN1CC[C@@H](O)C1)NC1CCCC1. The molecule has 4 nitrogen and oxygen atoms in total. The summed E-state index contributed by atoms with van der Waals surface area (Å²) in [5.74, 6) is 0.121. The molecule has 1 amide bonds. The van der Waals surface area contributed by atoms with E-state index in [1.807, 2.05) is 4.90 Å². The fourth-order valence-electron chi connectivity index (χ4n) is 2.50. The molecule has 2 rings (SSSR count). The van der Waals surface area contributed by atoms with Gasteiger partial charge in [0, 0.05) is 19.1 Å². The van der Waals surface area contributed by atoms with Gasteiger partial charge >= 0.3 is 0 Å². The first kappa shape index (κ1) is 10.9. The second-order valence-electron chi connectivity index (χ2n) is 4.73. The van der Waals surface area contributed by atoms with Crippen LogP contribution in [0.5, 0.6) is 0 Å². The van der Waals surface area contributed by atoms with Crippen LogP contribution in [0.3, 0.4) is 0 Å². The molecule has 1 atom stereocenters. The molecule has 4 heteroatoms. The van der Waals surface area contributed by atoms with Gasteiger partial charge < -0.3 is 10.4 Å². The summed E-state index contributed by atoms with van der Waals surface area (Å²) in [6.07, 6.45) is 5.32. The highest BCUT2D eigenvalue weighted by Crippen LogP contribution is 2.17. The molecule has 1 aliphatic heterocycles. The summed E-state index contributed by atoms with van der Waals surface area (Å²) in [5.41, 5.74) is 0. The van der Waals surface area contributed by atoms with Gasteiger partial charge in [0.25, 0.3) is 0 Å². The van der Waals surface area contributed by atoms with Gasteiger partial charge in [-0.2, -0.15) is 0 Å². The number of β-amino-alcohol motifs (C(OH)–C–C–N with tert-alkyl or cyclic N) is 1. The summed E-state index contributed by atoms with van der Waals surface area (Å²) in [7, 11) is 0. The molecule has 0 aromatic heterocycles. The van der Waals surface area contributed by atoms with Crippen molar-refractivity contribution in [2.24, 2.45) is 0 Å². The van der Waals surface area contributed by atoms with E-state index in [0.717, 1.165) is 25.8 Å². The first-order chi connectivity index (χ1) is 7.24. The molecule has 2 aliphatic rings. The predicted octanol–water partition coefficient (Wildman–Crippen LogP) is 0.112. The van der Waals surface area contributed by atoms with E-state index in [1.165, 1.54) is 12.8 Å². The normalized spacial score (nSPS) is 28.5. The second kappa shape index (κ2) is 4.94. The Bertz CT molecular complexity index is 227. The molecule has 1 saturated heterocycles. The standard InChI is InChI=1S/C11H20N2O2/c14-10-5-6-13(7-10)8-11(15)12-9-3-1-2-4-9/h9-10,14H,1-8H2,(H,12,15)/t10-/m1/s1. The van der Waals surface area contributed by atoms with Crippen molar-refractivity contribution in [1.82, 2.24) is 10.2 Å². The van der Waals surface area contributed by atoms with Crippen LogP contribution in [0.15, 0.2) is 0 Å². The van der Waals surface area contributed by atoms with Gasteiger partial charge in [0.05, 0.1) is 12.6 Å². The molecule has 2 fully saturated rings. The van der Waals surface area contributed by atoms with Gasteiger partial charge in [-0.1, -0.05) is 12.8 Å². The van der Waals surface area contributed by atoms with E-state index in [1.54, 1.807) is 0 Å². The van der Waals surface area contributed by atoms with Crippen LogP contribution in [0.4, 0.5) is 0 Å². The number of nitrogens with zero attached hydrogens (tertiary/aromatic N) is 1. The van der Waals surface area contributed by atoms with Crippen molar-refractivity contribution in [1.29, 1.82) is 0 Å². The lowest BCUT2D eigenvalue weighted by Crippen LogP contribution is -2.40. The molecule has 1 saturated carbocycles. The predicted molar refractivity (Wildman–Crippen MR) is 57.5 cm³/mol. The molecule has 1 heterocycles. The van der Waals surface area contributed by atoms with Gasteiger partial charge in [-0.15, -0.1) is 0 Å². The Labute approximate surface area is 90.6 Å². The summed E-state index contributed by atoms with van der Waals surface area (Å²) in [6, 6.07) is 0.407. The number of hydrogen-bond acceptors (Lipinski definition) is 3. The fourth-order valence-corrected chi connectivity index (χ4v) is 2.50. The number of rotatable bonds is 3. The van der Waals surface area contributed by atoms with Gasteiger partial charge in [0.2, 0.25) is 5.91 Å². The molecular formula is C11H20N2O2. The van der Waals surface area contributed by atoms with E-state index >= 15 is 0 Å². The minimum atomic E-state index is -0.232. The zero-order valence-electron chi connectivity index (χ0n) is 9.11. The van der Waals surface area contributed by atoms with E-state index in [-0.39, 0.29) is 12.0 Å². The van der Waals surface area contributed by atoms with Crippen LogP contribution in [0, 0.1) is 0 Å². The number of aliphatic hydroxyl groups excluding tert-OH is 1. The molecule has 1 aliphatic carbocycles. The van der Waals surface area contributed by atoms with Gasteiger partial charge in [-0.3, -0.25) is 9.69 Å². The third-order valence-corrected chi connectivity index (χ3v) is 3.33. The number of carbonyl (C=O) groups is 1. The Morgan fingerprint density at radius 3 is 2.67 bits per heavy atom. The highest BCUT2D eigenvalue weighted by atomic mass is 16.3. The van der Waals surface area contributed by atoms with Crippen LogP contribution in [-0.4, -0.2) is 47.7 Å². The van der Waals surface area contributed by atoms with Crippen LogP contribution in [0.1, 0.15) is 32.1 Å². The molecular weight excluding hydrogens is 192 g/mol. The first-order valence-corrected chi connectivity index (χ1v) is 5.94. The lowest BCUT2D eigenvalue weighted by atomic mass is 10.2. The summed E-state index contributed by atoms with van der Waals surface area (Å²) in [4.78, 5) is 13.7. The summed E-state index contributed by atoms with van der Waals surface area (Å²) < 4.78 is 0. The van der Waals surface area contributed by atoms with E-state index in [2.05, 4.69) is 5.32 Å². The largest absolute Gasteiger partial charge is 0.392 e. The molecule has 2 N–H and O–H groups in total. The van der Waals surface area contributed by atoms with Crippen LogP contribution in [-0.2, 0) is 4.79 Å². The molecule has 0 unspecified atom stereocenters. The molecule has 15 heavy (non-hydrogen) atoms. The maximum Gasteiger partial charge on any atom is 0.234 e. The molecule has 86 valence electrons. The zero-order valence-corrected chi connectivity index (χ0v) is 9.11. The third-order valence-electron chi connectivity index (χ3n) is 3.33. The Morgan fingerprint density at radius 1 is 1.33 bits per heavy atom. The average molecular weight is 212 g/mol. The molecule has 0 aromatic carbocycles. The number of aliphatic hydroxyl groups is 1. The Hall–Kier alpha value is -0.610. The maximum absolute atomic E-state index is 11.6. The fraction of sp³-hybridized carbons (Fsp3) is 0.909. The van der Waals surface area contributed by atoms with Crippen LogP contribution in [0.2, 0.25) is 0 Å². The topological polar surface area (TPSA) is 52.6 Å². The average Bonchev–Trinajstić information content (AvgIpc) is 2.77. The van der Waals surface area contributed by atoms with E-state index in [4.69, 9.17) is 0 Å². The van der Waals surface area contributed by atoms with Crippen molar-refractivity contribution in [3.05, 3.63) is 0 Å². The molecule has 0 radical (unpaired) electrons. The summed E-state index contributed by atoms with van der Waals surface area (Å²) in [5, 5.41) is 12.4. The summed E-state index contributed by atoms with van der Waals surface area (Å²) >= 11 is 0. The van der Waals surface area contributed by atoms with Crippen molar-refractivity contribution in [2.75, 3.05) is 19.6 Å². The van der Waals surface area contributed by atoms with E-state index in [9.17, 15) is 9.90 Å². The van der Waals surface area contributed by atoms with E-state index < -0.39 is 0 Å². The van der Waals surface area contributed by atoms with Gasteiger partial charge in [0.15, 0.2) is 0 Å². The lowest BCUT2D eigenvalue weighted by molar-refractivity contribution is -0.122. The molecule has 0 aromatic rings. The van der Waals surface area contributed by atoms with Gasteiger partial charge in [0.1, 0.15) is 0 Å². The molecule has 0 bridgehead atoms. The lowest BCUT2D eigenvalue weighted by Gasteiger charge is -2.17. The Balaban J connectivity index is 1.67. The van der Waals surface area contributed by atoms with Crippen LogP contribution in [0.25, 0.3) is 0 Å². The Morgan fingerprint density at radius 2 is 2.07 bits per heavy atom.